The van der Waals surface area contributed by atoms with E-state index < -0.39 is 0 Å². The van der Waals surface area contributed by atoms with E-state index in [0.717, 1.165) is 18.4 Å². The van der Waals surface area contributed by atoms with Crippen molar-refractivity contribution in [3.8, 4) is 11.5 Å². The van der Waals surface area contributed by atoms with Gasteiger partial charge in [-0.1, -0.05) is 32.4 Å². The van der Waals surface area contributed by atoms with Gasteiger partial charge in [-0.05, 0) is 24.8 Å². The Morgan fingerprint density at radius 2 is 1.87 bits per heavy atom. The molecule has 0 unspecified atom stereocenters. The van der Waals surface area contributed by atoms with E-state index in [1.54, 1.807) is 0 Å². The Kier molecular flexibility index (Phi) is 2.37. The van der Waals surface area contributed by atoms with Crippen molar-refractivity contribution in [3.05, 3.63) is 23.8 Å². The van der Waals surface area contributed by atoms with Gasteiger partial charge in [0.1, 0.15) is 0 Å². The van der Waals surface area contributed by atoms with Crippen molar-refractivity contribution in [1.82, 2.24) is 0 Å². The molecule has 2 nitrogen and oxygen atoms in total. The Bertz CT molecular complexity index is 365. The molecule has 0 saturated heterocycles. The topological polar surface area (TPSA) is 40.5 Å². The van der Waals surface area contributed by atoms with Crippen LogP contribution in [-0.2, 0) is 5.41 Å². The fraction of sp³-hybridized carbons (Fsp3) is 0.538. The number of aromatic hydroxyl groups is 2. The highest BCUT2D eigenvalue weighted by Crippen LogP contribution is 2.53. The zero-order valence-corrected chi connectivity index (χ0v) is 9.33. The maximum absolute atomic E-state index is 9.90. The lowest BCUT2D eigenvalue weighted by Gasteiger charge is -2.46. The smallest absolute Gasteiger partial charge is 0.161 e. The third-order valence-electron chi connectivity index (χ3n) is 3.90. The standard InChI is InChI=1S/C13H18O2/c1-9(2)13(7-4-8-13)10-5-3-6-11(14)12(10)15/h3,5-6,9,14-15H,4,7-8H2,1-2H3. The van der Waals surface area contributed by atoms with Gasteiger partial charge >= 0.3 is 0 Å². The van der Waals surface area contributed by atoms with Gasteiger partial charge in [0.15, 0.2) is 11.5 Å². The zero-order valence-electron chi connectivity index (χ0n) is 9.33. The van der Waals surface area contributed by atoms with Crippen molar-refractivity contribution < 1.29 is 10.2 Å². The molecule has 1 aliphatic rings. The van der Waals surface area contributed by atoms with Crippen molar-refractivity contribution in [1.29, 1.82) is 0 Å². The van der Waals surface area contributed by atoms with Crippen molar-refractivity contribution >= 4 is 0 Å². The summed E-state index contributed by atoms with van der Waals surface area (Å²) in [6, 6.07) is 5.28. The number of phenols is 2. The van der Waals surface area contributed by atoms with Gasteiger partial charge in [-0.2, -0.15) is 0 Å². The Balaban J connectivity index is 2.48. The SMILES string of the molecule is CC(C)C1(c2cccc(O)c2O)CCC1. The van der Waals surface area contributed by atoms with Crippen LogP contribution in [0.15, 0.2) is 18.2 Å². The van der Waals surface area contributed by atoms with Gasteiger partial charge in [-0.3, -0.25) is 0 Å². The fourth-order valence-corrected chi connectivity index (χ4v) is 2.65. The molecule has 1 aromatic rings. The fourth-order valence-electron chi connectivity index (χ4n) is 2.65. The first kappa shape index (κ1) is 10.3. The third kappa shape index (κ3) is 1.39. The lowest BCUT2D eigenvalue weighted by Crippen LogP contribution is -2.39. The zero-order chi connectivity index (χ0) is 11.1. The Morgan fingerprint density at radius 3 is 2.33 bits per heavy atom. The van der Waals surface area contributed by atoms with E-state index in [2.05, 4.69) is 13.8 Å². The van der Waals surface area contributed by atoms with Crippen LogP contribution in [0.4, 0.5) is 0 Å². The number of phenolic OH excluding ortho intramolecular Hbond substituents is 2. The molecule has 1 saturated carbocycles. The predicted octanol–water partition coefficient (Wildman–Crippen LogP) is 3.18. The average Bonchev–Trinajstić information content (AvgIpc) is 2.09. The van der Waals surface area contributed by atoms with E-state index >= 15 is 0 Å². The molecule has 1 aromatic carbocycles. The van der Waals surface area contributed by atoms with Gasteiger partial charge in [0.25, 0.3) is 0 Å². The summed E-state index contributed by atoms with van der Waals surface area (Å²) in [6.07, 6.45) is 3.44. The number of hydrogen-bond acceptors (Lipinski definition) is 2. The van der Waals surface area contributed by atoms with Crippen molar-refractivity contribution in [3.63, 3.8) is 0 Å². The highest BCUT2D eigenvalue weighted by molar-refractivity contribution is 5.49. The maximum atomic E-state index is 9.90. The summed E-state index contributed by atoms with van der Waals surface area (Å²) in [5.74, 6) is 0.573. The molecule has 0 aromatic heterocycles. The Labute approximate surface area is 90.6 Å². The van der Waals surface area contributed by atoms with Crippen LogP contribution in [0.1, 0.15) is 38.7 Å². The highest BCUT2D eigenvalue weighted by Gasteiger charge is 2.43. The summed E-state index contributed by atoms with van der Waals surface area (Å²) >= 11 is 0. The molecule has 0 heterocycles. The first-order valence-electron chi connectivity index (χ1n) is 5.59. The minimum Gasteiger partial charge on any atom is -0.504 e. The van der Waals surface area contributed by atoms with Gasteiger partial charge in [0.05, 0.1) is 0 Å². The van der Waals surface area contributed by atoms with Crippen LogP contribution in [0, 0.1) is 5.92 Å². The summed E-state index contributed by atoms with van der Waals surface area (Å²) in [4.78, 5) is 0. The molecule has 82 valence electrons. The maximum Gasteiger partial charge on any atom is 0.161 e. The van der Waals surface area contributed by atoms with Gasteiger partial charge in [0, 0.05) is 11.0 Å². The predicted molar refractivity (Wildman–Crippen MR) is 60.1 cm³/mol. The summed E-state index contributed by atoms with van der Waals surface area (Å²) in [7, 11) is 0. The van der Waals surface area contributed by atoms with Crippen LogP contribution < -0.4 is 0 Å². The minimum atomic E-state index is -0.000532. The number of hydrogen-bond donors (Lipinski definition) is 2. The molecule has 1 fully saturated rings. The van der Waals surface area contributed by atoms with Crippen LogP contribution >= 0.6 is 0 Å². The van der Waals surface area contributed by atoms with Gasteiger partial charge in [0.2, 0.25) is 0 Å². The quantitative estimate of drug-likeness (QED) is 0.730. The van der Waals surface area contributed by atoms with Crippen LogP contribution in [0.25, 0.3) is 0 Å². The monoisotopic (exact) mass is 206 g/mol. The van der Waals surface area contributed by atoms with E-state index in [4.69, 9.17) is 0 Å². The summed E-state index contributed by atoms with van der Waals surface area (Å²) in [5.41, 5.74) is 1.01. The normalized spacial score (nSPS) is 18.9. The van der Waals surface area contributed by atoms with Gasteiger partial charge in [-0.15, -0.1) is 0 Å². The first-order valence-corrected chi connectivity index (χ1v) is 5.59. The van der Waals surface area contributed by atoms with E-state index in [9.17, 15) is 10.2 Å². The molecule has 0 bridgehead atoms. The molecule has 1 aliphatic carbocycles. The number of benzene rings is 1. The van der Waals surface area contributed by atoms with Crippen molar-refractivity contribution in [2.75, 3.05) is 0 Å². The third-order valence-corrected chi connectivity index (χ3v) is 3.90. The molecule has 2 heteroatoms. The van der Waals surface area contributed by atoms with E-state index in [1.165, 1.54) is 12.5 Å². The van der Waals surface area contributed by atoms with Crippen LogP contribution in [-0.4, -0.2) is 10.2 Å². The summed E-state index contributed by atoms with van der Waals surface area (Å²) < 4.78 is 0. The molecular formula is C13H18O2. The highest BCUT2D eigenvalue weighted by atomic mass is 16.3. The molecule has 15 heavy (non-hydrogen) atoms. The van der Waals surface area contributed by atoms with Gasteiger partial charge in [-0.25, -0.2) is 0 Å². The molecule has 0 amide bonds. The Hall–Kier alpha value is -1.18. The van der Waals surface area contributed by atoms with Crippen LogP contribution in [0.3, 0.4) is 0 Å². The average molecular weight is 206 g/mol. The van der Waals surface area contributed by atoms with Gasteiger partial charge < -0.3 is 10.2 Å². The minimum absolute atomic E-state index is 0.000532. The first-order chi connectivity index (χ1) is 7.08. The molecule has 0 aliphatic heterocycles. The van der Waals surface area contributed by atoms with E-state index in [0.29, 0.717) is 5.92 Å². The molecule has 2 N–H and O–H groups in total. The second-order valence-electron chi connectivity index (χ2n) is 4.84. The largest absolute Gasteiger partial charge is 0.504 e. The lowest BCUT2D eigenvalue weighted by atomic mass is 9.58. The van der Waals surface area contributed by atoms with Crippen molar-refractivity contribution in [2.45, 2.75) is 38.5 Å². The molecule has 0 radical (unpaired) electrons. The summed E-state index contributed by atoms with van der Waals surface area (Å²) in [5, 5.41) is 19.4. The molecule has 2 rings (SSSR count). The number of para-hydroxylation sites is 1. The molecular weight excluding hydrogens is 188 g/mol. The van der Waals surface area contributed by atoms with Crippen LogP contribution in [0.2, 0.25) is 0 Å². The Morgan fingerprint density at radius 1 is 1.20 bits per heavy atom. The van der Waals surface area contributed by atoms with Crippen molar-refractivity contribution in [2.24, 2.45) is 5.92 Å². The summed E-state index contributed by atoms with van der Waals surface area (Å²) in [6.45, 7) is 4.37. The second kappa shape index (κ2) is 3.44. The number of rotatable bonds is 2. The lowest BCUT2D eigenvalue weighted by molar-refractivity contribution is 0.163. The second-order valence-corrected chi connectivity index (χ2v) is 4.84. The van der Waals surface area contributed by atoms with E-state index in [-0.39, 0.29) is 16.9 Å². The van der Waals surface area contributed by atoms with Crippen LogP contribution in [0.5, 0.6) is 11.5 Å². The molecule has 0 spiro atoms. The molecule has 0 atom stereocenters. The van der Waals surface area contributed by atoms with E-state index in [1.807, 2.05) is 12.1 Å².